The Hall–Kier alpha value is -2.60. The second-order valence-electron chi connectivity index (χ2n) is 4.27. The molecule has 0 atom stereocenters. The van der Waals surface area contributed by atoms with Gasteiger partial charge in [0.05, 0.1) is 10.5 Å². The van der Waals surface area contributed by atoms with Crippen LogP contribution >= 0.6 is 11.6 Å². The summed E-state index contributed by atoms with van der Waals surface area (Å²) in [6.07, 6.45) is 0. The normalized spacial score (nSPS) is 10.1. The number of carboxylic acids is 1. The van der Waals surface area contributed by atoms with Crippen molar-refractivity contribution in [1.82, 2.24) is 0 Å². The maximum Gasteiger partial charge on any atom is 0.335 e. The molecule has 0 radical (unpaired) electrons. The zero-order valence-electron chi connectivity index (χ0n) is 10.7. The first-order chi connectivity index (χ1) is 9.97. The van der Waals surface area contributed by atoms with E-state index in [4.69, 9.17) is 16.7 Å². The van der Waals surface area contributed by atoms with Gasteiger partial charge in [0, 0.05) is 29.4 Å². The maximum atomic E-state index is 10.7. The summed E-state index contributed by atoms with van der Waals surface area (Å²) in [4.78, 5) is 21.0. The first kappa shape index (κ1) is 14.8. The Labute approximate surface area is 125 Å². The predicted molar refractivity (Wildman–Crippen MR) is 78.8 cm³/mol. The van der Waals surface area contributed by atoms with E-state index in [1.165, 1.54) is 30.3 Å². The Bertz CT molecular complexity index is 686. The minimum atomic E-state index is -0.997. The van der Waals surface area contributed by atoms with E-state index < -0.39 is 10.9 Å². The molecule has 2 aromatic carbocycles. The van der Waals surface area contributed by atoms with Crippen LogP contribution in [0.5, 0.6) is 0 Å². The average Bonchev–Trinajstić information content (AvgIpc) is 2.46. The third-order valence-electron chi connectivity index (χ3n) is 2.85. The molecule has 7 heteroatoms. The molecule has 0 aliphatic heterocycles. The van der Waals surface area contributed by atoms with Crippen LogP contribution < -0.4 is 5.32 Å². The number of aromatic carboxylic acids is 1. The van der Waals surface area contributed by atoms with Gasteiger partial charge in [-0.2, -0.15) is 0 Å². The van der Waals surface area contributed by atoms with Crippen LogP contribution in [0.3, 0.4) is 0 Å². The molecule has 2 rings (SSSR count). The molecule has 0 aliphatic carbocycles. The van der Waals surface area contributed by atoms with E-state index in [1.807, 2.05) is 0 Å². The lowest BCUT2D eigenvalue weighted by Gasteiger charge is -2.08. The standard InChI is InChI=1S/C14H11ClN2O4/c15-13-6-5-12(17(20)21)7-10(13)8-16-11-3-1-9(2-4-11)14(18)19/h1-7,16H,8H2,(H,18,19). The molecule has 2 N–H and O–H groups in total. The van der Waals surface area contributed by atoms with E-state index in [2.05, 4.69) is 5.32 Å². The molecule has 0 saturated carbocycles. The van der Waals surface area contributed by atoms with Crippen LogP contribution in [0.4, 0.5) is 11.4 Å². The van der Waals surface area contributed by atoms with Gasteiger partial charge in [-0.25, -0.2) is 4.79 Å². The molecule has 0 unspecified atom stereocenters. The van der Waals surface area contributed by atoms with Gasteiger partial charge in [0.25, 0.3) is 5.69 Å². The summed E-state index contributed by atoms with van der Waals surface area (Å²) in [5.41, 5.74) is 1.45. The lowest BCUT2D eigenvalue weighted by Crippen LogP contribution is -2.02. The molecule has 108 valence electrons. The lowest BCUT2D eigenvalue weighted by molar-refractivity contribution is -0.384. The van der Waals surface area contributed by atoms with Crippen LogP contribution in [0.1, 0.15) is 15.9 Å². The summed E-state index contributed by atoms with van der Waals surface area (Å²) >= 11 is 5.99. The molecular weight excluding hydrogens is 296 g/mol. The third-order valence-corrected chi connectivity index (χ3v) is 3.22. The van der Waals surface area contributed by atoms with Crippen LogP contribution in [0.15, 0.2) is 42.5 Å². The Kier molecular flexibility index (Phi) is 4.39. The number of nitro benzene ring substituents is 1. The molecule has 0 saturated heterocycles. The van der Waals surface area contributed by atoms with Crippen molar-refractivity contribution in [3.05, 3.63) is 68.7 Å². The van der Waals surface area contributed by atoms with Gasteiger partial charge >= 0.3 is 5.97 Å². The van der Waals surface area contributed by atoms with E-state index in [1.54, 1.807) is 12.1 Å². The van der Waals surface area contributed by atoms with Crippen molar-refractivity contribution < 1.29 is 14.8 Å². The molecule has 21 heavy (non-hydrogen) atoms. The first-order valence-electron chi connectivity index (χ1n) is 5.97. The molecule has 0 amide bonds. The summed E-state index contributed by atoms with van der Waals surface area (Å²) in [7, 11) is 0. The van der Waals surface area contributed by atoms with Crippen molar-refractivity contribution in [2.75, 3.05) is 5.32 Å². The smallest absolute Gasteiger partial charge is 0.335 e. The molecule has 0 aromatic heterocycles. The van der Waals surface area contributed by atoms with E-state index in [-0.39, 0.29) is 11.3 Å². The molecule has 0 aliphatic rings. The number of nitrogens with one attached hydrogen (secondary N) is 1. The quantitative estimate of drug-likeness (QED) is 0.651. The van der Waals surface area contributed by atoms with E-state index in [9.17, 15) is 14.9 Å². The number of nitro groups is 1. The number of carboxylic acid groups (broad SMARTS) is 1. The second kappa shape index (κ2) is 6.23. The fourth-order valence-electron chi connectivity index (χ4n) is 1.74. The van der Waals surface area contributed by atoms with Gasteiger partial charge in [0.1, 0.15) is 0 Å². The largest absolute Gasteiger partial charge is 0.478 e. The topological polar surface area (TPSA) is 92.5 Å². The number of hydrogen-bond acceptors (Lipinski definition) is 4. The summed E-state index contributed by atoms with van der Waals surface area (Å²) < 4.78 is 0. The first-order valence-corrected chi connectivity index (χ1v) is 6.35. The third kappa shape index (κ3) is 3.70. The zero-order chi connectivity index (χ0) is 15.4. The van der Waals surface area contributed by atoms with Crippen molar-refractivity contribution in [2.24, 2.45) is 0 Å². The van der Waals surface area contributed by atoms with Crippen molar-refractivity contribution >= 4 is 28.9 Å². The molecule has 6 nitrogen and oxygen atoms in total. The summed E-state index contributed by atoms with van der Waals surface area (Å²) in [6.45, 7) is 0.299. The lowest BCUT2D eigenvalue weighted by atomic mass is 10.1. The fourth-order valence-corrected chi connectivity index (χ4v) is 1.92. The number of nitrogens with zero attached hydrogens (tertiary/aromatic N) is 1. The molecule has 0 spiro atoms. The molecule has 0 fully saturated rings. The van der Waals surface area contributed by atoms with Gasteiger partial charge in [0.2, 0.25) is 0 Å². The molecule has 0 heterocycles. The second-order valence-corrected chi connectivity index (χ2v) is 4.68. The number of non-ortho nitro benzene ring substituents is 1. The molecular formula is C14H11ClN2O4. The Balaban J connectivity index is 2.10. The Morgan fingerprint density at radius 3 is 2.48 bits per heavy atom. The van der Waals surface area contributed by atoms with Crippen molar-refractivity contribution in [1.29, 1.82) is 0 Å². The van der Waals surface area contributed by atoms with Crippen LogP contribution in [0.25, 0.3) is 0 Å². The summed E-state index contributed by atoms with van der Waals surface area (Å²) in [5.74, 6) is -0.997. The number of rotatable bonds is 5. The highest BCUT2D eigenvalue weighted by atomic mass is 35.5. The van der Waals surface area contributed by atoms with Gasteiger partial charge < -0.3 is 10.4 Å². The van der Waals surface area contributed by atoms with Gasteiger partial charge in [-0.15, -0.1) is 0 Å². The molecule has 0 bridgehead atoms. The number of anilines is 1. The summed E-state index contributed by atoms with van der Waals surface area (Å²) in [5, 5.41) is 23.0. The van der Waals surface area contributed by atoms with Crippen molar-refractivity contribution in [3.8, 4) is 0 Å². The van der Waals surface area contributed by atoms with Crippen LogP contribution in [0.2, 0.25) is 5.02 Å². The van der Waals surface area contributed by atoms with Gasteiger partial charge in [-0.05, 0) is 35.9 Å². The van der Waals surface area contributed by atoms with Gasteiger partial charge in [-0.3, -0.25) is 10.1 Å². The minimum absolute atomic E-state index is 0.0302. The van der Waals surface area contributed by atoms with Crippen molar-refractivity contribution in [2.45, 2.75) is 6.54 Å². The Morgan fingerprint density at radius 1 is 1.24 bits per heavy atom. The highest BCUT2D eigenvalue weighted by Gasteiger charge is 2.09. The number of carbonyl (C=O) groups is 1. The summed E-state index contributed by atoms with van der Waals surface area (Å²) in [6, 6.07) is 10.4. The number of hydrogen-bond donors (Lipinski definition) is 2. The predicted octanol–water partition coefficient (Wildman–Crippen LogP) is 3.56. The van der Waals surface area contributed by atoms with Crippen LogP contribution in [-0.4, -0.2) is 16.0 Å². The minimum Gasteiger partial charge on any atom is -0.478 e. The Morgan fingerprint density at radius 2 is 1.90 bits per heavy atom. The maximum absolute atomic E-state index is 10.7. The van der Waals surface area contributed by atoms with E-state index >= 15 is 0 Å². The van der Waals surface area contributed by atoms with E-state index in [0.717, 1.165) is 0 Å². The number of benzene rings is 2. The van der Waals surface area contributed by atoms with Gasteiger partial charge in [-0.1, -0.05) is 11.6 Å². The highest BCUT2D eigenvalue weighted by molar-refractivity contribution is 6.31. The SMILES string of the molecule is O=C(O)c1ccc(NCc2cc([N+](=O)[O-])ccc2Cl)cc1. The highest BCUT2D eigenvalue weighted by Crippen LogP contribution is 2.23. The van der Waals surface area contributed by atoms with Crippen molar-refractivity contribution in [3.63, 3.8) is 0 Å². The van der Waals surface area contributed by atoms with Crippen LogP contribution in [-0.2, 0) is 6.54 Å². The fraction of sp³-hybridized carbons (Fsp3) is 0.0714. The number of halogens is 1. The van der Waals surface area contributed by atoms with Gasteiger partial charge in [0.15, 0.2) is 0 Å². The van der Waals surface area contributed by atoms with Crippen LogP contribution in [0, 0.1) is 10.1 Å². The average molecular weight is 307 g/mol. The monoisotopic (exact) mass is 306 g/mol. The molecule has 2 aromatic rings. The zero-order valence-corrected chi connectivity index (χ0v) is 11.5. The van der Waals surface area contributed by atoms with E-state index in [0.29, 0.717) is 22.8 Å².